The summed E-state index contributed by atoms with van der Waals surface area (Å²) < 4.78 is 0. The Balaban J connectivity index is 1.75. The zero-order chi connectivity index (χ0) is 18.5. The van der Waals surface area contributed by atoms with Crippen molar-refractivity contribution >= 4 is 5.78 Å². The molecular formula is C22H21N3O. The molecule has 0 N–H and O–H groups in total. The predicted octanol–water partition coefficient (Wildman–Crippen LogP) is 2.96. The summed E-state index contributed by atoms with van der Waals surface area (Å²) in [5, 5.41) is 18.1. The third-order valence-electron chi connectivity index (χ3n) is 4.95. The van der Waals surface area contributed by atoms with Crippen LogP contribution in [-0.4, -0.2) is 30.8 Å². The second-order valence-electron chi connectivity index (χ2n) is 7.05. The second-order valence-corrected chi connectivity index (χ2v) is 7.05. The van der Waals surface area contributed by atoms with Gasteiger partial charge in [-0.15, -0.1) is 0 Å². The van der Waals surface area contributed by atoms with Crippen LogP contribution in [0.25, 0.3) is 0 Å². The minimum Gasteiger partial charge on any atom is -0.305 e. The number of rotatable bonds is 4. The standard InChI is InChI=1S/C22H21N3O/c1-25-14-20(10-16-4-2-6-18(8-16)12-23)22(26)21(15-25)11-17-5-3-7-19(9-17)13-24/h2-9,20-21H,10-11,14-15H2,1H3. The minimum atomic E-state index is -0.0631. The number of nitrogens with zero attached hydrogens (tertiary/aromatic N) is 3. The van der Waals surface area contributed by atoms with Crippen LogP contribution < -0.4 is 0 Å². The minimum absolute atomic E-state index is 0.0631. The zero-order valence-electron chi connectivity index (χ0n) is 14.9. The fraction of sp³-hybridized carbons (Fsp3) is 0.318. The van der Waals surface area contributed by atoms with Gasteiger partial charge >= 0.3 is 0 Å². The molecule has 1 aliphatic rings. The van der Waals surface area contributed by atoms with Crippen molar-refractivity contribution in [2.45, 2.75) is 12.8 Å². The Kier molecular flexibility index (Phi) is 5.46. The van der Waals surface area contributed by atoms with Crippen molar-refractivity contribution in [3.63, 3.8) is 0 Å². The molecule has 130 valence electrons. The van der Waals surface area contributed by atoms with E-state index in [1.165, 1.54) is 0 Å². The van der Waals surface area contributed by atoms with Crippen molar-refractivity contribution < 1.29 is 4.79 Å². The van der Waals surface area contributed by atoms with Crippen LogP contribution in [0.4, 0.5) is 0 Å². The van der Waals surface area contributed by atoms with E-state index < -0.39 is 0 Å². The van der Waals surface area contributed by atoms with E-state index in [4.69, 9.17) is 10.5 Å². The fourth-order valence-corrected chi connectivity index (χ4v) is 3.78. The van der Waals surface area contributed by atoms with Crippen molar-refractivity contribution in [3.8, 4) is 12.1 Å². The normalized spacial score (nSPS) is 20.3. The number of carbonyl (C=O) groups excluding carboxylic acids is 1. The summed E-state index contributed by atoms with van der Waals surface area (Å²) >= 11 is 0. The Morgan fingerprint density at radius 2 is 1.38 bits per heavy atom. The van der Waals surface area contributed by atoms with Gasteiger partial charge in [0.15, 0.2) is 0 Å². The molecule has 2 aromatic carbocycles. The highest BCUT2D eigenvalue weighted by Gasteiger charge is 2.33. The van der Waals surface area contributed by atoms with E-state index in [1.807, 2.05) is 43.4 Å². The van der Waals surface area contributed by atoms with E-state index in [0.29, 0.717) is 24.0 Å². The lowest BCUT2D eigenvalue weighted by molar-refractivity contribution is -0.130. The smallest absolute Gasteiger partial charge is 0.142 e. The Morgan fingerprint density at radius 3 is 1.81 bits per heavy atom. The highest BCUT2D eigenvalue weighted by molar-refractivity contribution is 5.85. The molecule has 0 amide bonds. The number of hydrogen-bond donors (Lipinski definition) is 0. The molecule has 2 atom stereocenters. The average molecular weight is 343 g/mol. The largest absolute Gasteiger partial charge is 0.305 e. The van der Waals surface area contributed by atoms with Gasteiger partial charge in [0.2, 0.25) is 0 Å². The van der Waals surface area contributed by atoms with Crippen LogP contribution in [-0.2, 0) is 17.6 Å². The van der Waals surface area contributed by atoms with E-state index in [0.717, 1.165) is 24.2 Å². The third kappa shape index (κ3) is 4.17. The summed E-state index contributed by atoms with van der Waals surface area (Å²) in [6, 6.07) is 19.3. The lowest BCUT2D eigenvalue weighted by Gasteiger charge is -2.34. The highest BCUT2D eigenvalue weighted by atomic mass is 16.1. The van der Waals surface area contributed by atoms with Gasteiger partial charge in [-0.1, -0.05) is 24.3 Å². The summed E-state index contributed by atoms with van der Waals surface area (Å²) in [6.07, 6.45) is 1.32. The Labute approximate surface area is 154 Å². The summed E-state index contributed by atoms with van der Waals surface area (Å²) in [5.41, 5.74) is 3.32. The Bertz CT molecular complexity index is 819. The first kappa shape index (κ1) is 17.9. The zero-order valence-corrected chi connectivity index (χ0v) is 14.9. The molecule has 2 unspecified atom stereocenters. The van der Waals surface area contributed by atoms with Crippen LogP contribution in [0.15, 0.2) is 48.5 Å². The molecule has 1 heterocycles. The Hall–Kier alpha value is -2.95. The third-order valence-corrected chi connectivity index (χ3v) is 4.95. The topological polar surface area (TPSA) is 67.9 Å². The first-order valence-electron chi connectivity index (χ1n) is 8.79. The van der Waals surface area contributed by atoms with Crippen molar-refractivity contribution in [2.75, 3.05) is 20.1 Å². The van der Waals surface area contributed by atoms with Gasteiger partial charge in [0.25, 0.3) is 0 Å². The number of piperidine rings is 1. The molecule has 0 spiro atoms. The molecule has 1 saturated heterocycles. The SMILES string of the molecule is CN1CC(Cc2cccc(C#N)c2)C(=O)C(Cc2cccc(C#N)c2)C1. The molecule has 0 aromatic heterocycles. The second kappa shape index (κ2) is 7.95. The van der Waals surface area contributed by atoms with Gasteiger partial charge in [0.1, 0.15) is 5.78 Å². The molecule has 0 radical (unpaired) electrons. The van der Waals surface area contributed by atoms with E-state index in [1.54, 1.807) is 12.1 Å². The van der Waals surface area contributed by atoms with Gasteiger partial charge < -0.3 is 4.90 Å². The van der Waals surface area contributed by atoms with E-state index in [9.17, 15) is 4.79 Å². The van der Waals surface area contributed by atoms with Crippen LogP contribution >= 0.6 is 0 Å². The average Bonchev–Trinajstić information content (AvgIpc) is 2.66. The molecule has 0 aliphatic carbocycles. The molecule has 1 aliphatic heterocycles. The lowest BCUT2D eigenvalue weighted by atomic mass is 9.81. The number of carbonyl (C=O) groups is 1. The monoisotopic (exact) mass is 343 g/mol. The predicted molar refractivity (Wildman–Crippen MR) is 99.2 cm³/mol. The van der Waals surface area contributed by atoms with E-state index >= 15 is 0 Å². The fourth-order valence-electron chi connectivity index (χ4n) is 3.78. The van der Waals surface area contributed by atoms with Crippen LogP contribution in [0, 0.1) is 34.5 Å². The van der Waals surface area contributed by atoms with Crippen molar-refractivity contribution in [3.05, 3.63) is 70.8 Å². The summed E-state index contributed by atoms with van der Waals surface area (Å²) in [7, 11) is 2.05. The molecule has 1 fully saturated rings. The van der Waals surface area contributed by atoms with Gasteiger partial charge in [-0.05, 0) is 55.3 Å². The summed E-state index contributed by atoms with van der Waals surface area (Å²) in [6.45, 7) is 1.48. The van der Waals surface area contributed by atoms with Crippen molar-refractivity contribution in [2.24, 2.45) is 11.8 Å². The molecule has 4 nitrogen and oxygen atoms in total. The molecule has 0 saturated carbocycles. The first-order chi connectivity index (χ1) is 12.6. The van der Waals surface area contributed by atoms with Crippen LogP contribution in [0.5, 0.6) is 0 Å². The number of hydrogen-bond acceptors (Lipinski definition) is 4. The Morgan fingerprint density at radius 1 is 0.923 bits per heavy atom. The number of Topliss-reactive ketones (excluding diaryl/α,β-unsaturated/α-hetero) is 1. The van der Waals surface area contributed by atoms with Crippen LogP contribution in [0.3, 0.4) is 0 Å². The van der Waals surface area contributed by atoms with Crippen molar-refractivity contribution in [1.82, 2.24) is 4.90 Å². The molecule has 4 heteroatoms. The summed E-state index contributed by atoms with van der Waals surface area (Å²) in [5.74, 6) is 0.159. The lowest BCUT2D eigenvalue weighted by Crippen LogP contribution is -2.46. The van der Waals surface area contributed by atoms with Gasteiger partial charge in [0, 0.05) is 24.9 Å². The van der Waals surface area contributed by atoms with Crippen LogP contribution in [0.2, 0.25) is 0 Å². The summed E-state index contributed by atoms with van der Waals surface area (Å²) in [4.78, 5) is 15.2. The van der Waals surface area contributed by atoms with Gasteiger partial charge in [-0.25, -0.2) is 0 Å². The highest BCUT2D eigenvalue weighted by Crippen LogP contribution is 2.24. The molecule has 3 rings (SSSR count). The molecule has 26 heavy (non-hydrogen) atoms. The van der Waals surface area contributed by atoms with E-state index in [-0.39, 0.29) is 17.6 Å². The van der Waals surface area contributed by atoms with Crippen molar-refractivity contribution in [1.29, 1.82) is 10.5 Å². The molecular weight excluding hydrogens is 322 g/mol. The number of likely N-dealkylation sites (tertiary alicyclic amines) is 1. The quantitative estimate of drug-likeness (QED) is 0.856. The first-order valence-corrected chi connectivity index (χ1v) is 8.79. The van der Waals surface area contributed by atoms with Gasteiger partial charge in [-0.2, -0.15) is 10.5 Å². The van der Waals surface area contributed by atoms with Gasteiger partial charge in [-0.3, -0.25) is 4.79 Å². The van der Waals surface area contributed by atoms with Crippen LogP contribution in [0.1, 0.15) is 22.3 Å². The number of ketones is 1. The number of nitriles is 2. The van der Waals surface area contributed by atoms with E-state index in [2.05, 4.69) is 17.0 Å². The maximum absolute atomic E-state index is 13.0. The maximum Gasteiger partial charge on any atom is 0.142 e. The van der Waals surface area contributed by atoms with Gasteiger partial charge in [0.05, 0.1) is 23.3 Å². The molecule has 2 aromatic rings. The number of benzene rings is 2. The molecule has 0 bridgehead atoms. The maximum atomic E-state index is 13.0.